The van der Waals surface area contributed by atoms with E-state index in [4.69, 9.17) is 4.74 Å². The molecule has 0 saturated carbocycles. The topological polar surface area (TPSA) is 49.8 Å². The summed E-state index contributed by atoms with van der Waals surface area (Å²) in [5, 5.41) is 8.92. The average Bonchev–Trinajstić information content (AvgIpc) is 2.99. The van der Waals surface area contributed by atoms with Crippen molar-refractivity contribution in [1.82, 2.24) is 4.90 Å². The van der Waals surface area contributed by atoms with Crippen molar-refractivity contribution in [2.24, 2.45) is 0 Å². The minimum atomic E-state index is -1.13. The van der Waals surface area contributed by atoms with Gasteiger partial charge in [0.05, 0.1) is 12.9 Å². The molecule has 1 aromatic carbocycles. The monoisotopic (exact) mass is 389 g/mol. The molecule has 6 heteroatoms. The number of carbonyl (C=O) groups is 1. The summed E-state index contributed by atoms with van der Waals surface area (Å²) < 4.78 is 19.8. The van der Waals surface area contributed by atoms with Gasteiger partial charge in [-0.1, -0.05) is 35.6 Å². The summed E-state index contributed by atoms with van der Waals surface area (Å²) in [5.74, 6) is -0.612. The number of halogens is 1. The molecular formula is C21H24FNO3S. The molecule has 1 N–H and O–H groups in total. The van der Waals surface area contributed by atoms with Gasteiger partial charge in [0, 0.05) is 11.1 Å². The number of benzene rings is 1. The van der Waals surface area contributed by atoms with Crippen LogP contribution in [0.2, 0.25) is 0 Å². The summed E-state index contributed by atoms with van der Waals surface area (Å²) in [6, 6.07) is 7.86. The highest BCUT2D eigenvalue weighted by molar-refractivity contribution is 7.13. The minimum absolute atomic E-state index is 0.0159. The van der Waals surface area contributed by atoms with Gasteiger partial charge in [0.15, 0.2) is 5.13 Å². The van der Waals surface area contributed by atoms with E-state index >= 15 is 0 Å². The molecular weight excluding hydrogens is 365 g/mol. The molecule has 144 valence electrons. The molecule has 0 spiro atoms. The summed E-state index contributed by atoms with van der Waals surface area (Å²) in [6.45, 7) is 4.46. The first kappa shape index (κ1) is 19.6. The van der Waals surface area contributed by atoms with E-state index in [1.165, 1.54) is 17.9 Å². The van der Waals surface area contributed by atoms with E-state index in [2.05, 4.69) is 11.9 Å². The van der Waals surface area contributed by atoms with Crippen molar-refractivity contribution >= 4 is 23.4 Å². The molecule has 0 aliphatic carbocycles. The fourth-order valence-corrected chi connectivity index (χ4v) is 4.35. The highest BCUT2D eigenvalue weighted by Crippen LogP contribution is 2.38. The van der Waals surface area contributed by atoms with E-state index in [0.29, 0.717) is 40.6 Å². The number of carboxylic acid groups (broad SMARTS) is 1. The molecule has 2 heterocycles. The number of hydrogen-bond donors (Lipinski definition) is 1. The highest BCUT2D eigenvalue weighted by Gasteiger charge is 2.23. The van der Waals surface area contributed by atoms with E-state index in [1.807, 2.05) is 31.2 Å². The van der Waals surface area contributed by atoms with Crippen molar-refractivity contribution in [1.29, 1.82) is 0 Å². The number of likely N-dealkylation sites (tertiary alicyclic amines) is 1. The van der Waals surface area contributed by atoms with Crippen molar-refractivity contribution < 1.29 is 19.0 Å². The van der Waals surface area contributed by atoms with Gasteiger partial charge in [-0.05, 0) is 63.0 Å². The van der Waals surface area contributed by atoms with Crippen LogP contribution in [0.3, 0.4) is 0 Å². The van der Waals surface area contributed by atoms with Gasteiger partial charge in [-0.25, -0.2) is 4.79 Å². The quantitative estimate of drug-likeness (QED) is 0.701. The second kappa shape index (κ2) is 8.67. The van der Waals surface area contributed by atoms with Gasteiger partial charge in [-0.15, -0.1) is 0 Å². The summed E-state index contributed by atoms with van der Waals surface area (Å²) in [5.41, 5.74) is 2.62. The first-order valence-electron chi connectivity index (χ1n) is 9.13. The van der Waals surface area contributed by atoms with Crippen LogP contribution in [0.15, 0.2) is 30.5 Å². The van der Waals surface area contributed by atoms with Gasteiger partial charge in [-0.2, -0.15) is 4.39 Å². The Labute approximate surface area is 162 Å². The molecule has 0 amide bonds. The first-order chi connectivity index (χ1) is 13.0. The zero-order valence-corrected chi connectivity index (χ0v) is 16.4. The maximum atomic E-state index is 14.6. The Kier molecular flexibility index (Phi) is 6.29. The van der Waals surface area contributed by atoms with Crippen molar-refractivity contribution in [3.8, 4) is 11.1 Å². The third kappa shape index (κ3) is 4.39. The lowest BCUT2D eigenvalue weighted by atomic mass is 9.88. The zero-order chi connectivity index (χ0) is 19.4. The van der Waals surface area contributed by atoms with Crippen LogP contribution in [0.1, 0.15) is 46.5 Å². The molecule has 3 rings (SSSR count). The molecule has 0 bridgehead atoms. The number of aromatic carboxylic acids is 1. The van der Waals surface area contributed by atoms with Crippen molar-refractivity contribution in [2.45, 2.75) is 25.7 Å². The number of ether oxygens (including phenoxy) is 1. The molecule has 0 unspecified atom stereocenters. The highest BCUT2D eigenvalue weighted by atomic mass is 32.1. The lowest BCUT2D eigenvalue weighted by molar-refractivity contribution is 0.0702. The smallest absolute Gasteiger partial charge is 0.346 e. The third-order valence-corrected chi connectivity index (χ3v) is 5.97. The number of carboxylic acids is 1. The molecule has 27 heavy (non-hydrogen) atoms. The van der Waals surface area contributed by atoms with Gasteiger partial charge < -0.3 is 14.7 Å². The van der Waals surface area contributed by atoms with E-state index < -0.39 is 11.1 Å². The Balaban J connectivity index is 1.92. The molecule has 4 nitrogen and oxygen atoms in total. The fraction of sp³-hybridized carbons (Fsp3) is 0.381. The molecule has 1 aliphatic rings. The van der Waals surface area contributed by atoms with Gasteiger partial charge >= 0.3 is 5.97 Å². The Morgan fingerprint density at radius 3 is 2.59 bits per heavy atom. The Bertz CT molecular complexity index is 821. The molecule has 0 radical (unpaired) electrons. The molecule has 2 aromatic rings. The van der Waals surface area contributed by atoms with E-state index in [0.717, 1.165) is 25.9 Å². The van der Waals surface area contributed by atoms with Crippen molar-refractivity contribution in [2.75, 3.05) is 26.7 Å². The number of hydrogen-bond acceptors (Lipinski definition) is 4. The lowest BCUT2D eigenvalue weighted by Crippen LogP contribution is -2.29. The number of piperidine rings is 1. The number of rotatable bonds is 6. The Hall–Kier alpha value is -2.18. The van der Waals surface area contributed by atoms with Crippen LogP contribution >= 0.6 is 11.3 Å². The molecule has 1 fully saturated rings. The first-order valence-corrected chi connectivity index (χ1v) is 9.95. The predicted molar refractivity (Wildman–Crippen MR) is 107 cm³/mol. The van der Waals surface area contributed by atoms with Crippen LogP contribution in [0.4, 0.5) is 4.39 Å². The van der Waals surface area contributed by atoms with Crippen LogP contribution < -0.4 is 0 Å². The summed E-state index contributed by atoms with van der Waals surface area (Å²) >= 11 is 0.656. The number of nitrogens with zero attached hydrogens (tertiary/aromatic N) is 1. The van der Waals surface area contributed by atoms with E-state index in [1.54, 1.807) is 0 Å². The number of thiophene rings is 1. The van der Waals surface area contributed by atoms with Crippen LogP contribution in [-0.2, 0) is 4.74 Å². The minimum Gasteiger partial charge on any atom is -0.501 e. The van der Waals surface area contributed by atoms with Crippen LogP contribution in [0.25, 0.3) is 17.2 Å². The largest absolute Gasteiger partial charge is 0.501 e. The standard InChI is InChI=1S/C21H24FNO3S/c1-3-26-13-10-17-18(20(22)27-19(17)21(24)25)16-6-4-14(5-7-16)15-8-11-23(2)12-9-15/h4-7,10,13,15H,3,8-9,11-12H2,1-2H3,(H,24,25)/b13-10+. The lowest BCUT2D eigenvalue weighted by Gasteiger charge is -2.29. The van der Waals surface area contributed by atoms with Gasteiger partial charge in [0.2, 0.25) is 0 Å². The maximum Gasteiger partial charge on any atom is 0.346 e. The van der Waals surface area contributed by atoms with Crippen molar-refractivity contribution in [3.63, 3.8) is 0 Å². The van der Waals surface area contributed by atoms with Gasteiger partial charge in [0.1, 0.15) is 4.88 Å². The zero-order valence-electron chi connectivity index (χ0n) is 15.6. The van der Waals surface area contributed by atoms with E-state index in [-0.39, 0.29) is 4.88 Å². The fourth-order valence-electron chi connectivity index (χ4n) is 3.48. The van der Waals surface area contributed by atoms with Crippen molar-refractivity contribution in [3.05, 3.63) is 51.7 Å². The maximum absolute atomic E-state index is 14.6. The molecule has 1 aliphatic heterocycles. The summed E-state index contributed by atoms with van der Waals surface area (Å²) in [4.78, 5) is 13.8. The molecule has 0 atom stereocenters. The molecule has 1 aromatic heterocycles. The predicted octanol–water partition coefficient (Wildman–Crippen LogP) is 5.07. The third-order valence-electron chi connectivity index (χ3n) is 4.98. The van der Waals surface area contributed by atoms with Crippen LogP contribution in [-0.4, -0.2) is 42.7 Å². The average molecular weight is 389 g/mol. The normalized spacial score (nSPS) is 16.1. The van der Waals surface area contributed by atoms with Crippen LogP contribution in [0.5, 0.6) is 0 Å². The summed E-state index contributed by atoms with van der Waals surface area (Å²) in [6.07, 6.45) is 5.19. The van der Waals surface area contributed by atoms with E-state index in [9.17, 15) is 14.3 Å². The van der Waals surface area contributed by atoms with Crippen LogP contribution in [0, 0.1) is 5.13 Å². The Morgan fingerprint density at radius 1 is 1.33 bits per heavy atom. The second-order valence-corrected chi connectivity index (χ2v) is 7.73. The van der Waals surface area contributed by atoms with Gasteiger partial charge in [-0.3, -0.25) is 0 Å². The second-order valence-electron chi connectivity index (χ2n) is 6.76. The summed E-state index contributed by atoms with van der Waals surface area (Å²) in [7, 11) is 2.13. The van der Waals surface area contributed by atoms with Gasteiger partial charge in [0.25, 0.3) is 0 Å². The Morgan fingerprint density at radius 2 is 2.00 bits per heavy atom. The SMILES string of the molecule is CCO/C=C/c1c(C(=O)O)sc(F)c1-c1ccc(C2CCN(C)CC2)cc1. The molecule has 1 saturated heterocycles.